The van der Waals surface area contributed by atoms with Crippen molar-refractivity contribution in [3.63, 3.8) is 0 Å². The van der Waals surface area contributed by atoms with Crippen molar-refractivity contribution in [2.75, 3.05) is 18.7 Å². The van der Waals surface area contributed by atoms with E-state index >= 15 is 0 Å². The summed E-state index contributed by atoms with van der Waals surface area (Å²) in [6.45, 7) is 0.184. The van der Waals surface area contributed by atoms with Crippen molar-refractivity contribution in [2.24, 2.45) is 0 Å². The largest absolute Gasteiger partial charge is 0.454 e. The molecule has 2 aromatic carbocycles. The van der Waals surface area contributed by atoms with Crippen LogP contribution in [0.15, 0.2) is 48.5 Å². The predicted octanol–water partition coefficient (Wildman–Crippen LogP) is 2.25. The third kappa shape index (κ3) is 2.55. The van der Waals surface area contributed by atoms with E-state index in [9.17, 15) is 14.7 Å². The Morgan fingerprint density at radius 3 is 2.85 bits per heavy atom. The summed E-state index contributed by atoms with van der Waals surface area (Å²) in [6.07, 6.45) is 2.68. The van der Waals surface area contributed by atoms with Crippen molar-refractivity contribution in [1.29, 1.82) is 0 Å². The first kappa shape index (κ1) is 16.4. The second-order valence-electron chi connectivity index (χ2n) is 6.33. The SMILES string of the molecule is CN1C(=O)C(O)(CC(=O)/C=C/c2ccc3c(c2)OCO3)c2ccccc21. The molecular formula is C20H17NO5. The molecule has 2 heterocycles. The fourth-order valence-electron chi connectivity index (χ4n) is 3.31. The summed E-state index contributed by atoms with van der Waals surface area (Å²) in [7, 11) is 1.59. The summed E-state index contributed by atoms with van der Waals surface area (Å²) >= 11 is 0. The second kappa shape index (κ2) is 6.00. The number of nitrogens with zero attached hydrogens (tertiary/aromatic N) is 1. The molecule has 4 rings (SSSR count). The molecule has 6 nitrogen and oxygen atoms in total. The summed E-state index contributed by atoms with van der Waals surface area (Å²) < 4.78 is 10.6. The maximum absolute atomic E-state index is 12.5. The lowest BCUT2D eigenvalue weighted by molar-refractivity contribution is -0.140. The second-order valence-corrected chi connectivity index (χ2v) is 6.33. The van der Waals surface area contributed by atoms with Gasteiger partial charge in [-0.15, -0.1) is 0 Å². The highest BCUT2D eigenvalue weighted by Gasteiger charge is 2.49. The Balaban J connectivity index is 1.54. The summed E-state index contributed by atoms with van der Waals surface area (Å²) in [4.78, 5) is 26.3. The lowest BCUT2D eigenvalue weighted by Crippen LogP contribution is -2.40. The van der Waals surface area contributed by atoms with Gasteiger partial charge in [0.1, 0.15) is 0 Å². The van der Waals surface area contributed by atoms with E-state index in [0.717, 1.165) is 5.56 Å². The zero-order valence-corrected chi connectivity index (χ0v) is 14.1. The first-order chi connectivity index (χ1) is 12.5. The maximum Gasteiger partial charge on any atom is 0.263 e. The molecule has 1 amide bonds. The Morgan fingerprint density at radius 1 is 1.23 bits per heavy atom. The van der Waals surface area contributed by atoms with Crippen LogP contribution in [0.25, 0.3) is 6.08 Å². The molecule has 1 unspecified atom stereocenters. The van der Waals surface area contributed by atoms with Crippen LogP contribution in [0.3, 0.4) is 0 Å². The molecule has 0 aliphatic carbocycles. The molecule has 0 saturated carbocycles. The van der Waals surface area contributed by atoms with Crippen molar-refractivity contribution in [3.05, 3.63) is 59.7 Å². The highest BCUT2D eigenvalue weighted by atomic mass is 16.7. The van der Waals surface area contributed by atoms with E-state index in [2.05, 4.69) is 0 Å². The zero-order valence-electron chi connectivity index (χ0n) is 14.1. The number of ether oxygens (including phenoxy) is 2. The van der Waals surface area contributed by atoms with Crippen LogP contribution in [0, 0.1) is 0 Å². The van der Waals surface area contributed by atoms with Crippen molar-refractivity contribution in [2.45, 2.75) is 12.0 Å². The van der Waals surface area contributed by atoms with Crippen LogP contribution >= 0.6 is 0 Å². The quantitative estimate of drug-likeness (QED) is 0.855. The molecule has 6 heteroatoms. The Bertz CT molecular complexity index is 936. The zero-order chi connectivity index (χ0) is 18.3. The van der Waals surface area contributed by atoms with E-state index in [4.69, 9.17) is 9.47 Å². The Morgan fingerprint density at radius 2 is 2.00 bits per heavy atom. The van der Waals surface area contributed by atoms with Crippen molar-refractivity contribution < 1.29 is 24.2 Å². The molecule has 0 spiro atoms. The van der Waals surface area contributed by atoms with Gasteiger partial charge in [-0.1, -0.05) is 30.3 Å². The Labute approximate surface area is 150 Å². The number of para-hydroxylation sites is 1. The van der Waals surface area contributed by atoms with E-state index in [1.807, 2.05) is 0 Å². The molecular weight excluding hydrogens is 334 g/mol. The molecule has 0 saturated heterocycles. The molecule has 0 bridgehead atoms. The smallest absolute Gasteiger partial charge is 0.263 e. The highest BCUT2D eigenvalue weighted by Crippen LogP contribution is 2.41. The van der Waals surface area contributed by atoms with Crippen LogP contribution in [0.4, 0.5) is 5.69 Å². The first-order valence-corrected chi connectivity index (χ1v) is 8.20. The average Bonchev–Trinajstić information content (AvgIpc) is 3.18. The number of benzene rings is 2. The van der Waals surface area contributed by atoms with Crippen LogP contribution in [-0.4, -0.2) is 30.6 Å². The van der Waals surface area contributed by atoms with E-state index in [0.29, 0.717) is 22.7 Å². The number of allylic oxidation sites excluding steroid dienone is 1. The number of fused-ring (bicyclic) bond motifs is 2. The van der Waals surface area contributed by atoms with Gasteiger partial charge < -0.3 is 19.5 Å². The van der Waals surface area contributed by atoms with Crippen LogP contribution in [-0.2, 0) is 15.2 Å². The van der Waals surface area contributed by atoms with Gasteiger partial charge in [-0.25, -0.2) is 0 Å². The van der Waals surface area contributed by atoms with Crippen LogP contribution < -0.4 is 14.4 Å². The van der Waals surface area contributed by atoms with Gasteiger partial charge in [0.05, 0.1) is 12.1 Å². The molecule has 2 aliphatic rings. The summed E-state index contributed by atoms with van der Waals surface area (Å²) in [5, 5.41) is 10.9. The Kier molecular flexibility index (Phi) is 3.77. The van der Waals surface area contributed by atoms with Gasteiger partial charge in [-0.3, -0.25) is 9.59 Å². The number of amides is 1. The minimum absolute atomic E-state index is 0.184. The number of likely N-dealkylation sites (N-methyl/N-ethyl adjacent to an activating group) is 1. The van der Waals surface area contributed by atoms with E-state index in [-0.39, 0.29) is 19.0 Å². The number of carbonyl (C=O) groups is 2. The third-order valence-electron chi connectivity index (χ3n) is 4.66. The van der Waals surface area contributed by atoms with Gasteiger partial charge in [0.25, 0.3) is 5.91 Å². The molecule has 0 aromatic heterocycles. The standard InChI is InChI=1S/C20H17NO5/c1-21-16-5-3-2-4-15(16)20(24,19(21)23)11-14(22)8-6-13-7-9-17-18(10-13)26-12-25-17/h2-10,24H,11-12H2,1H3/b8-6+. The molecule has 0 fully saturated rings. The number of hydrogen-bond acceptors (Lipinski definition) is 5. The number of carbonyl (C=O) groups excluding carboxylic acids is 2. The first-order valence-electron chi connectivity index (χ1n) is 8.20. The number of aliphatic hydroxyl groups is 1. The fourth-order valence-corrected chi connectivity index (χ4v) is 3.31. The molecule has 1 N–H and O–H groups in total. The third-order valence-corrected chi connectivity index (χ3v) is 4.66. The molecule has 2 aromatic rings. The highest BCUT2D eigenvalue weighted by molar-refractivity contribution is 6.09. The van der Waals surface area contributed by atoms with Crippen molar-refractivity contribution >= 4 is 23.5 Å². The molecule has 26 heavy (non-hydrogen) atoms. The number of rotatable bonds is 4. The maximum atomic E-state index is 12.5. The predicted molar refractivity (Wildman–Crippen MR) is 95.0 cm³/mol. The lowest BCUT2D eigenvalue weighted by Gasteiger charge is -2.20. The van der Waals surface area contributed by atoms with Crippen LogP contribution in [0.2, 0.25) is 0 Å². The Hall–Kier alpha value is -3.12. The molecule has 132 valence electrons. The summed E-state index contributed by atoms with van der Waals surface area (Å²) in [6, 6.07) is 12.3. The van der Waals surface area contributed by atoms with Gasteiger partial charge in [-0.05, 0) is 29.8 Å². The molecule has 2 aliphatic heterocycles. The van der Waals surface area contributed by atoms with Crippen molar-refractivity contribution in [3.8, 4) is 11.5 Å². The number of anilines is 1. The summed E-state index contributed by atoms with van der Waals surface area (Å²) in [5.74, 6) is 0.450. The lowest BCUT2D eigenvalue weighted by atomic mass is 9.90. The normalized spacial score (nSPS) is 20.7. The topological polar surface area (TPSA) is 76.1 Å². The van der Waals surface area contributed by atoms with Gasteiger partial charge in [0, 0.05) is 12.6 Å². The van der Waals surface area contributed by atoms with Crippen LogP contribution in [0.1, 0.15) is 17.5 Å². The summed E-state index contributed by atoms with van der Waals surface area (Å²) in [5.41, 5.74) is 0.0107. The van der Waals surface area contributed by atoms with E-state index in [1.165, 1.54) is 11.0 Å². The fraction of sp³-hybridized carbons (Fsp3) is 0.200. The minimum atomic E-state index is -1.83. The van der Waals surface area contributed by atoms with Gasteiger partial charge in [-0.2, -0.15) is 0 Å². The van der Waals surface area contributed by atoms with Gasteiger partial charge in [0.2, 0.25) is 6.79 Å². The molecule has 1 atom stereocenters. The van der Waals surface area contributed by atoms with Crippen molar-refractivity contribution in [1.82, 2.24) is 0 Å². The van der Waals surface area contributed by atoms with E-state index in [1.54, 1.807) is 55.6 Å². The molecule has 0 radical (unpaired) electrons. The average molecular weight is 351 g/mol. The van der Waals surface area contributed by atoms with Crippen LogP contribution in [0.5, 0.6) is 11.5 Å². The van der Waals surface area contributed by atoms with Gasteiger partial charge in [0.15, 0.2) is 22.9 Å². The van der Waals surface area contributed by atoms with Gasteiger partial charge >= 0.3 is 0 Å². The number of hydrogen-bond donors (Lipinski definition) is 1. The van der Waals surface area contributed by atoms with E-state index < -0.39 is 11.5 Å². The minimum Gasteiger partial charge on any atom is -0.454 e. The monoisotopic (exact) mass is 351 g/mol. The number of ketones is 1.